The minimum absolute atomic E-state index is 0.333. The lowest BCUT2D eigenvalue weighted by atomic mass is 9.82. The maximum Gasteiger partial charge on any atom is 0.337 e. The van der Waals surface area contributed by atoms with E-state index in [-0.39, 0.29) is 5.91 Å². The second-order valence-electron chi connectivity index (χ2n) is 8.60. The van der Waals surface area contributed by atoms with Crippen LogP contribution in [0.5, 0.6) is 5.75 Å². The number of para-hydroxylation sites is 2. The minimum Gasteiger partial charge on any atom is -0.495 e. The molecule has 2 N–H and O–H groups in total. The second kappa shape index (κ2) is 12.7. The average molecular weight is 605 g/mol. The van der Waals surface area contributed by atoms with Crippen molar-refractivity contribution in [2.75, 3.05) is 19.5 Å². The maximum absolute atomic E-state index is 13.7. The first-order chi connectivity index (χ1) is 18.9. The predicted octanol–water partition coefficient (Wildman–Crippen LogP) is 6.51. The summed E-state index contributed by atoms with van der Waals surface area (Å²) in [4.78, 5) is 25.5. The Hall–Kier alpha value is -4.00. The van der Waals surface area contributed by atoms with E-state index >= 15 is 0 Å². The van der Waals surface area contributed by atoms with Gasteiger partial charge in [-0.2, -0.15) is 5.26 Å². The predicted molar refractivity (Wildman–Crippen MR) is 156 cm³/mol. The Morgan fingerprint density at radius 3 is 2.41 bits per heavy atom. The van der Waals surface area contributed by atoms with Crippen molar-refractivity contribution < 1.29 is 19.1 Å². The Morgan fingerprint density at radius 2 is 1.74 bits per heavy atom. The van der Waals surface area contributed by atoms with Crippen molar-refractivity contribution in [3.05, 3.63) is 116 Å². The molecule has 0 aromatic heterocycles. The lowest BCUT2D eigenvalue weighted by molar-refractivity contribution is -0.113. The molecule has 0 aliphatic carbocycles. The van der Waals surface area contributed by atoms with E-state index in [0.717, 1.165) is 15.6 Å². The molecule has 0 radical (unpaired) electrons. The van der Waals surface area contributed by atoms with Crippen LogP contribution in [0, 0.1) is 11.3 Å². The first kappa shape index (κ1) is 28.0. The molecule has 3 aromatic rings. The van der Waals surface area contributed by atoms with Gasteiger partial charge in [0.2, 0.25) is 0 Å². The molecule has 0 fully saturated rings. The third kappa shape index (κ3) is 6.19. The monoisotopic (exact) mass is 603 g/mol. The maximum atomic E-state index is 13.7. The van der Waals surface area contributed by atoms with E-state index in [1.54, 1.807) is 31.4 Å². The van der Waals surface area contributed by atoms with Gasteiger partial charge in [0.1, 0.15) is 5.75 Å². The van der Waals surface area contributed by atoms with Crippen molar-refractivity contribution in [2.45, 2.75) is 18.6 Å². The number of anilines is 1. The molecule has 1 aliphatic rings. The number of halogens is 1. The van der Waals surface area contributed by atoms with Crippen molar-refractivity contribution in [3.63, 3.8) is 0 Å². The van der Waals surface area contributed by atoms with Gasteiger partial charge < -0.3 is 20.1 Å². The number of hydrogen-bond acceptors (Lipinski definition) is 7. The number of nitriles is 1. The van der Waals surface area contributed by atoms with Gasteiger partial charge in [-0.1, -0.05) is 58.4 Å². The molecule has 9 heteroatoms. The van der Waals surface area contributed by atoms with Gasteiger partial charge in [-0.15, -0.1) is 11.8 Å². The van der Waals surface area contributed by atoms with Crippen molar-refractivity contribution in [1.29, 1.82) is 5.26 Å². The van der Waals surface area contributed by atoms with Gasteiger partial charge in [-0.25, -0.2) is 4.79 Å². The van der Waals surface area contributed by atoms with Crippen LogP contribution in [-0.4, -0.2) is 26.1 Å². The summed E-state index contributed by atoms with van der Waals surface area (Å²) in [6, 6.07) is 24.3. The molecule has 39 heavy (non-hydrogen) atoms. The molecule has 7 nitrogen and oxygen atoms in total. The van der Waals surface area contributed by atoms with E-state index in [1.807, 2.05) is 55.5 Å². The van der Waals surface area contributed by atoms with E-state index in [0.29, 0.717) is 44.6 Å². The zero-order valence-electron chi connectivity index (χ0n) is 21.6. The minimum atomic E-state index is -0.606. The van der Waals surface area contributed by atoms with E-state index < -0.39 is 11.9 Å². The van der Waals surface area contributed by atoms with Crippen LogP contribution in [0.25, 0.3) is 0 Å². The van der Waals surface area contributed by atoms with Crippen LogP contribution in [0.4, 0.5) is 5.69 Å². The Morgan fingerprint density at radius 1 is 1.05 bits per heavy atom. The Labute approximate surface area is 240 Å². The highest BCUT2D eigenvalue weighted by atomic mass is 79.9. The van der Waals surface area contributed by atoms with Gasteiger partial charge >= 0.3 is 5.97 Å². The second-order valence-corrected chi connectivity index (χ2v) is 10.4. The number of ether oxygens (including phenoxy) is 2. The van der Waals surface area contributed by atoms with Crippen LogP contribution in [0.3, 0.4) is 0 Å². The molecule has 4 rings (SSSR count). The quantitative estimate of drug-likeness (QED) is 0.283. The number of methoxy groups -OCH3 is 2. The number of esters is 1. The number of dihydropyridines is 1. The zero-order valence-corrected chi connectivity index (χ0v) is 24.0. The number of amides is 1. The highest BCUT2D eigenvalue weighted by Crippen LogP contribution is 2.44. The van der Waals surface area contributed by atoms with Gasteiger partial charge in [0.15, 0.2) is 0 Å². The number of rotatable bonds is 8. The molecular formula is C30H26BrN3O4S. The highest BCUT2D eigenvalue weighted by molar-refractivity contribution is 9.10. The highest BCUT2D eigenvalue weighted by Gasteiger charge is 2.35. The summed E-state index contributed by atoms with van der Waals surface area (Å²) in [7, 11) is 2.89. The van der Waals surface area contributed by atoms with Gasteiger partial charge in [0.05, 0.1) is 48.1 Å². The van der Waals surface area contributed by atoms with E-state index in [2.05, 4.69) is 32.6 Å². The fourth-order valence-corrected chi connectivity index (χ4v) is 5.86. The topological polar surface area (TPSA) is 100 Å². The first-order valence-electron chi connectivity index (χ1n) is 12.0. The first-order valence-corrected chi connectivity index (χ1v) is 13.8. The molecule has 3 aromatic carbocycles. The normalized spacial score (nSPS) is 14.8. The lowest BCUT2D eigenvalue weighted by Crippen LogP contribution is -2.31. The van der Waals surface area contributed by atoms with Crippen molar-refractivity contribution in [3.8, 4) is 11.8 Å². The molecule has 0 saturated carbocycles. The van der Waals surface area contributed by atoms with Gasteiger partial charge in [-0.05, 0) is 48.4 Å². The van der Waals surface area contributed by atoms with Crippen LogP contribution >= 0.6 is 27.7 Å². The van der Waals surface area contributed by atoms with E-state index in [9.17, 15) is 14.9 Å². The van der Waals surface area contributed by atoms with Crippen molar-refractivity contribution >= 4 is 45.3 Å². The number of carbonyl (C=O) groups is 2. The SMILES string of the molecule is COC(=O)c1ccc(CSC2=C(C#N)C(c3ccccc3Br)C(C(=O)Nc3ccccc3OC)=C(C)N2)cc1. The molecule has 1 unspecified atom stereocenters. The molecule has 1 heterocycles. The number of nitrogens with zero attached hydrogens (tertiary/aromatic N) is 1. The number of nitrogens with one attached hydrogen (secondary N) is 2. The fourth-order valence-electron chi connectivity index (χ4n) is 4.30. The largest absolute Gasteiger partial charge is 0.495 e. The average Bonchev–Trinajstić information content (AvgIpc) is 2.96. The molecule has 1 amide bonds. The Bertz CT molecular complexity index is 1510. The van der Waals surface area contributed by atoms with Crippen LogP contribution in [-0.2, 0) is 15.3 Å². The molecule has 0 bridgehead atoms. The van der Waals surface area contributed by atoms with Crippen LogP contribution in [0.15, 0.2) is 99.1 Å². The van der Waals surface area contributed by atoms with Crippen molar-refractivity contribution in [1.82, 2.24) is 5.32 Å². The summed E-state index contributed by atoms with van der Waals surface area (Å²) >= 11 is 5.09. The molecule has 198 valence electrons. The fraction of sp³-hybridized carbons (Fsp3) is 0.167. The van der Waals surface area contributed by atoms with E-state index in [1.165, 1.54) is 18.9 Å². The molecule has 1 aliphatic heterocycles. The smallest absolute Gasteiger partial charge is 0.337 e. The third-order valence-corrected chi connectivity index (χ3v) is 8.03. The van der Waals surface area contributed by atoms with Crippen LogP contribution in [0.2, 0.25) is 0 Å². The molecular weight excluding hydrogens is 578 g/mol. The standard InChI is InChI=1S/C30H26BrN3O4S/c1-18-26(28(35)34-24-10-6-7-11-25(24)37-2)27(21-8-4-5-9-23(21)31)22(16-32)29(33-18)39-17-19-12-14-20(15-13-19)30(36)38-3/h4-15,27,33H,17H2,1-3H3,(H,34,35). The number of hydrogen-bond donors (Lipinski definition) is 2. The summed E-state index contributed by atoms with van der Waals surface area (Å²) in [5, 5.41) is 17.3. The zero-order chi connectivity index (χ0) is 27.9. The third-order valence-electron chi connectivity index (χ3n) is 6.22. The van der Waals surface area contributed by atoms with Crippen LogP contribution in [0.1, 0.15) is 34.3 Å². The summed E-state index contributed by atoms with van der Waals surface area (Å²) in [5.41, 5.74) is 4.31. The van der Waals surface area contributed by atoms with Crippen LogP contribution < -0.4 is 15.4 Å². The van der Waals surface area contributed by atoms with E-state index in [4.69, 9.17) is 9.47 Å². The summed E-state index contributed by atoms with van der Waals surface area (Å²) in [5.74, 6) is -0.246. The number of benzene rings is 3. The Balaban J connectivity index is 1.69. The van der Waals surface area contributed by atoms with Gasteiger partial charge in [0, 0.05) is 21.5 Å². The van der Waals surface area contributed by atoms with Crippen molar-refractivity contribution in [2.24, 2.45) is 0 Å². The van der Waals surface area contributed by atoms with Gasteiger partial charge in [0.25, 0.3) is 5.91 Å². The molecule has 0 spiro atoms. The molecule has 0 saturated heterocycles. The number of carbonyl (C=O) groups excluding carboxylic acids is 2. The summed E-state index contributed by atoms with van der Waals surface area (Å²) in [6.07, 6.45) is 0. The number of allylic oxidation sites excluding steroid dienone is 2. The summed E-state index contributed by atoms with van der Waals surface area (Å²) in [6.45, 7) is 1.83. The Kier molecular flexibility index (Phi) is 9.12. The lowest BCUT2D eigenvalue weighted by Gasteiger charge is -2.30. The number of thioether (sulfide) groups is 1. The van der Waals surface area contributed by atoms with Gasteiger partial charge in [-0.3, -0.25) is 4.79 Å². The molecule has 1 atom stereocenters. The summed E-state index contributed by atoms with van der Waals surface area (Å²) < 4.78 is 11.0.